The normalized spacial score (nSPS) is 24.0. The lowest BCUT2D eigenvalue weighted by Gasteiger charge is -2.19. The van der Waals surface area contributed by atoms with E-state index in [1.165, 1.54) is 0 Å². The molecule has 1 aliphatic heterocycles. The van der Waals surface area contributed by atoms with Gasteiger partial charge < -0.3 is 19.3 Å². The first-order valence-electron chi connectivity index (χ1n) is 8.84. The second-order valence-electron chi connectivity index (χ2n) is 6.82. The number of carbonyl (C=O) groups excluding carboxylic acids is 2. The summed E-state index contributed by atoms with van der Waals surface area (Å²) in [5.74, 6) is -1.12. The quantitative estimate of drug-likeness (QED) is 0.607. The van der Waals surface area contributed by atoms with E-state index in [9.17, 15) is 14.7 Å². The third-order valence-electron chi connectivity index (χ3n) is 4.41. The maximum absolute atomic E-state index is 12.3. The number of rotatable bonds is 5. The fourth-order valence-electron chi connectivity index (χ4n) is 2.82. The lowest BCUT2D eigenvalue weighted by molar-refractivity contribution is -0.140. The maximum atomic E-state index is 12.3. The third-order valence-corrected chi connectivity index (χ3v) is 4.65. The molecule has 0 bridgehead atoms. The molecule has 148 valence electrons. The summed E-state index contributed by atoms with van der Waals surface area (Å²) in [6.07, 6.45) is -1.88. The molecule has 0 saturated carbocycles. The van der Waals surface area contributed by atoms with Crippen LogP contribution in [-0.2, 0) is 14.2 Å². The van der Waals surface area contributed by atoms with Crippen molar-refractivity contribution in [3.05, 3.63) is 70.8 Å². The van der Waals surface area contributed by atoms with Crippen molar-refractivity contribution in [1.82, 2.24) is 0 Å². The first kappa shape index (κ1) is 20.3. The van der Waals surface area contributed by atoms with Gasteiger partial charge in [0, 0.05) is 0 Å². The van der Waals surface area contributed by atoms with E-state index in [-0.39, 0.29) is 13.0 Å². The average molecular weight is 405 g/mol. The number of hydrogen-bond donors (Lipinski definition) is 1. The number of benzene rings is 2. The van der Waals surface area contributed by atoms with E-state index < -0.39 is 29.4 Å². The standard InChI is InChI=1S/C21H21ClO6/c1-13-3-7-15(8-4-13)19(23)26-12-18-17(11-21(22,25)28-18)27-20(24)16-9-5-14(2)6-10-16/h3-10,17-18,25H,11-12H2,1-2H3/t17-,18+,21?/m0/s1. The third kappa shape index (κ3) is 5.10. The average Bonchev–Trinajstić information content (AvgIpc) is 2.94. The number of aliphatic hydroxyl groups is 1. The van der Waals surface area contributed by atoms with Crippen LogP contribution in [0.4, 0.5) is 0 Å². The van der Waals surface area contributed by atoms with Gasteiger partial charge in [0.2, 0.25) is 5.25 Å². The molecule has 2 aromatic rings. The Labute approximate surface area is 168 Å². The fraction of sp³-hybridized carbons (Fsp3) is 0.333. The second-order valence-corrected chi connectivity index (χ2v) is 7.41. The van der Waals surface area contributed by atoms with E-state index in [1.807, 2.05) is 13.8 Å². The Morgan fingerprint density at radius 1 is 1.04 bits per heavy atom. The van der Waals surface area contributed by atoms with Crippen molar-refractivity contribution in [2.24, 2.45) is 0 Å². The molecule has 2 aromatic carbocycles. The molecule has 1 unspecified atom stereocenters. The summed E-state index contributed by atoms with van der Waals surface area (Å²) in [5.41, 5.74) is 2.78. The summed E-state index contributed by atoms with van der Waals surface area (Å²) in [4.78, 5) is 24.5. The molecule has 0 aromatic heterocycles. The van der Waals surface area contributed by atoms with Gasteiger partial charge in [-0.2, -0.15) is 0 Å². The SMILES string of the molecule is Cc1ccc(C(=O)OC[C@H]2OC(O)(Cl)C[C@@H]2OC(=O)c2ccc(C)cc2)cc1. The summed E-state index contributed by atoms with van der Waals surface area (Å²) in [6.45, 7) is 3.61. The van der Waals surface area contributed by atoms with Crippen LogP contribution in [0.25, 0.3) is 0 Å². The van der Waals surface area contributed by atoms with E-state index >= 15 is 0 Å². The predicted molar refractivity (Wildman–Crippen MR) is 102 cm³/mol. The highest BCUT2D eigenvalue weighted by molar-refractivity contribution is 6.21. The molecule has 6 nitrogen and oxygen atoms in total. The van der Waals surface area contributed by atoms with E-state index in [2.05, 4.69) is 0 Å². The number of aryl methyl sites for hydroxylation is 2. The van der Waals surface area contributed by atoms with E-state index in [4.69, 9.17) is 25.8 Å². The van der Waals surface area contributed by atoms with Crippen molar-refractivity contribution >= 4 is 23.5 Å². The Morgan fingerprint density at radius 3 is 2.07 bits per heavy atom. The predicted octanol–water partition coefficient (Wildman–Crippen LogP) is 3.36. The molecular weight excluding hydrogens is 384 g/mol. The molecule has 0 aliphatic carbocycles. The zero-order valence-electron chi connectivity index (χ0n) is 15.6. The summed E-state index contributed by atoms with van der Waals surface area (Å²) < 4.78 is 16.0. The van der Waals surface area contributed by atoms with Gasteiger partial charge in [0.15, 0.2) is 0 Å². The van der Waals surface area contributed by atoms with Gasteiger partial charge >= 0.3 is 11.9 Å². The zero-order valence-corrected chi connectivity index (χ0v) is 16.3. The van der Waals surface area contributed by atoms with Crippen molar-refractivity contribution in [2.45, 2.75) is 37.7 Å². The van der Waals surface area contributed by atoms with Crippen LogP contribution in [0.2, 0.25) is 0 Å². The number of carbonyl (C=O) groups is 2. The Kier molecular flexibility index (Phi) is 6.03. The van der Waals surface area contributed by atoms with Crippen LogP contribution in [0, 0.1) is 13.8 Å². The van der Waals surface area contributed by atoms with E-state index in [1.54, 1.807) is 48.5 Å². The number of halogens is 1. The second kappa shape index (κ2) is 8.31. The largest absolute Gasteiger partial charge is 0.459 e. The minimum atomic E-state index is -1.99. The summed E-state index contributed by atoms with van der Waals surface area (Å²) in [6, 6.07) is 13.8. The molecule has 28 heavy (non-hydrogen) atoms. The van der Waals surface area contributed by atoms with Crippen LogP contribution in [0.15, 0.2) is 48.5 Å². The van der Waals surface area contributed by atoms with Crippen molar-refractivity contribution < 1.29 is 28.9 Å². The minimum absolute atomic E-state index is 0.140. The fourth-order valence-corrected chi connectivity index (χ4v) is 3.09. The van der Waals surface area contributed by atoms with Crippen molar-refractivity contribution in [2.75, 3.05) is 6.61 Å². The molecule has 3 rings (SSSR count). The van der Waals surface area contributed by atoms with Crippen molar-refractivity contribution in [1.29, 1.82) is 0 Å². The Bertz CT molecular complexity index is 844. The van der Waals surface area contributed by atoms with Gasteiger partial charge in [-0.05, 0) is 38.1 Å². The van der Waals surface area contributed by atoms with Crippen LogP contribution in [0.1, 0.15) is 38.3 Å². The Hall–Kier alpha value is -2.41. The number of alkyl halides is 1. The highest BCUT2D eigenvalue weighted by atomic mass is 35.5. The van der Waals surface area contributed by atoms with Gasteiger partial charge in [-0.25, -0.2) is 9.59 Å². The first-order valence-corrected chi connectivity index (χ1v) is 9.22. The van der Waals surface area contributed by atoms with Crippen LogP contribution in [0.3, 0.4) is 0 Å². The summed E-state index contributed by atoms with van der Waals surface area (Å²) in [7, 11) is 0. The zero-order chi connectivity index (χ0) is 20.3. The molecule has 1 saturated heterocycles. The van der Waals surface area contributed by atoms with Gasteiger partial charge in [-0.1, -0.05) is 47.0 Å². The molecule has 0 spiro atoms. The van der Waals surface area contributed by atoms with Gasteiger partial charge in [-0.3, -0.25) is 0 Å². The highest BCUT2D eigenvalue weighted by Crippen LogP contribution is 2.34. The molecule has 1 aliphatic rings. The molecule has 1 N–H and O–H groups in total. The maximum Gasteiger partial charge on any atom is 0.338 e. The molecule has 1 heterocycles. The monoisotopic (exact) mass is 404 g/mol. The molecule has 0 amide bonds. The van der Waals surface area contributed by atoms with Gasteiger partial charge in [0.05, 0.1) is 17.5 Å². The molecule has 1 fully saturated rings. The van der Waals surface area contributed by atoms with Crippen molar-refractivity contribution in [3.63, 3.8) is 0 Å². The number of esters is 2. The highest BCUT2D eigenvalue weighted by Gasteiger charge is 2.47. The molecular formula is C21H21ClO6. The lowest BCUT2D eigenvalue weighted by atomic mass is 10.1. The van der Waals surface area contributed by atoms with Crippen LogP contribution < -0.4 is 0 Å². The van der Waals surface area contributed by atoms with Gasteiger partial charge in [-0.15, -0.1) is 0 Å². The van der Waals surface area contributed by atoms with Gasteiger partial charge in [0.25, 0.3) is 0 Å². The summed E-state index contributed by atoms with van der Waals surface area (Å²) >= 11 is 5.86. The minimum Gasteiger partial charge on any atom is -0.459 e. The first-order chi connectivity index (χ1) is 13.2. The van der Waals surface area contributed by atoms with Crippen LogP contribution in [0.5, 0.6) is 0 Å². The Balaban J connectivity index is 1.63. The van der Waals surface area contributed by atoms with Crippen LogP contribution >= 0.6 is 11.6 Å². The Morgan fingerprint density at radius 2 is 1.54 bits per heavy atom. The number of ether oxygens (including phenoxy) is 3. The van der Waals surface area contributed by atoms with Gasteiger partial charge in [0.1, 0.15) is 18.8 Å². The van der Waals surface area contributed by atoms with Crippen LogP contribution in [-0.4, -0.2) is 41.1 Å². The smallest absolute Gasteiger partial charge is 0.338 e. The van der Waals surface area contributed by atoms with Crippen molar-refractivity contribution in [3.8, 4) is 0 Å². The molecule has 0 radical (unpaired) electrons. The molecule has 3 atom stereocenters. The van der Waals surface area contributed by atoms with E-state index in [0.29, 0.717) is 11.1 Å². The lowest BCUT2D eigenvalue weighted by Crippen LogP contribution is -2.32. The van der Waals surface area contributed by atoms with E-state index in [0.717, 1.165) is 11.1 Å². The number of hydrogen-bond acceptors (Lipinski definition) is 6. The topological polar surface area (TPSA) is 82.1 Å². The summed E-state index contributed by atoms with van der Waals surface area (Å²) in [5, 5.41) is 7.99. The molecule has 7 heteroatoms.